The molecule has 1 rings (SSSR count). The van der Waals surface area contributed by atoms with Crippen molar-refractivity contribution in [2.45, 2.75) is 19.4 Å². The average molecular weight is 230 g/mol. The lowest BCUT2D eigenvalue weighted by Crippen LogP contribution is -2.10. The predicted octanol–water partition coefficient (Wildman–Crippen LogP) is 2.30. The van der Waals surface area contributed by atoms with Crippen molar-refractivity contribution in [1.82, 2.24) is 0 Å². The van der Waals surface area contributed by atoms with Gasteiger partial charge < -0.3 is 10.5 Å². The van der Waals surface area contributed by atoms with Gasteiger partial charge in [-0.05, 0) is 24.1 Å². The van der Waals surface area contributed by atoms with Crippen LogP contribution in [-0.2, 0) is 4.74 Å². The third kappa shape index (κ3) is 3.53. The monoisotopic (exact) mass is 229 g/mol. The quantitative estimate of drug-likeness (QED) is 0.810. The molecule has 0 unspecified atom stereocenters. The Balaban J connectivity index is 0.00000196. The zero-order valence-electron chi connectivity index (χ0n) is 8.90. The summed E-state index contributed by atoms with van der Waals surface area (Å²) in [6.45, 7) is 2.01. The predicted molar refractivity (Wildman–Crippen MR) is 62.2 cm³/mol. The van der Waals surface area contributed by atoms with E-state index in [9.17, 15) is 4.79 Å². The van der Waals surface area contributed by atoms with Crippen molar-refractivity contribution < 1.29 is 9.53 Å². The first-order valence-electron chi connectivity index (χ1n) is 4.63. The average Bonchev–Trinajstić information content (AvgIpc) is 2.27. The van der Waals surface area contributed by atoms with Gasteiger partial charge in [0.25, 0.3) is 0 Å². The summed E-state index contributed by atoms with van der Waals surface area (Å²) in [5.74, 6) is -0.324. The first kappa shape index (κ1) is 13.9. The standard InChI is InChI=1S/C11H15NO2.ClH/c1-3-10(12)8-5-4-6-9(7-8)11(13)14-2;/h4-7,10H,3,12H2,1-2H3;1H/t10-;/m1./s1. The van der Waals surface area contributed by atoms with Gasteiger partial charge >= 0.3 is 5.97 Å². The molecule has 0 aromatic heterocycles. The van der Waals surface area contributed by atoms with E-state index in [1.807, 2.05) is 19.1 Å². The third-order valence-electron chi connectivity index (χ3n) is 2.18. The molecule has 1 atom stereocenters. The van der Waals surface area contributed by atoms with E-state index in [1.54, 1.807) is 12.1 Å². The molecular formula is C11H16ClNO2. The van der Waals surface area contributed by atoms with E-state index >= 15 is 0 Å². The first-order chi connectivity index (χ1) is 6.69. The summed E-state index contributed by atoms with van der Waals surface area (Å²) in [5.41, 5.74) is 7.37. The van der Waals surface area contributed by atoms with E-state index in [1.165, 1.54) is 7.11 Å². The summed E-state index contributed by atoms with van der Waals surface area (Å²) in [6, 6.07) is 7.22. The maximum atomic E-state index is 11.2. The van der Waals surface area contributed by atoms with Crippen LogP contribution in [0.5, 0.6) is 0 Å². The van der Waals surface area contributed by atoms with Gasteiger partial charge in [-0.1, -0.05) is 19.1 Å². The molecule has 15 heavy (non-hydrogen) atoms. The zero-order valence-corrected chi connectivity index (χ0v) is 9.71. The summed E-state index contributed by atoms with van der Waals surface area (Å²) < 4.78 is 4.62. The number of carbonyl (C=O) groups excluding carboxylic acids is 1. The summed E-state index contributed by atoms with van der Waals surface area (Å²) >= 11 is 0. The Labute approximate surface area is 96.0 Å². The number of benzene rings is 1. The van der Waals surface area contributed by atoms with Crippen molar-refractivity contribution in [3.63, 3.8) is 0 Å². The summed E-state index contributed by atoms with van der Waals surface area (Å²) in [7, 11) is 1.37. The van der Waals surface area contributed by atoms with Gasteiger partial charge in [0, 0.05) is 6.04 Å². The summed E-state index contributed by atoms with van der Waals surface area (Å²) in [4.78, 5) is 11.2. The van der Waals surface area contributed by atoms with Crippen LogP contribution in [0, 0.1) is 0 Å². The molecule has 4 heteroatoms. The summed E-state index contributed by atoms with van der Waals surface area (Å²) in [6.07, 6.45) is 0.852. The number of methoxy groups -OCH3 is 1. The number of rotatable bonds is 3. The largest absolute Gasteiger partial charge is 0.465 e. The van der Waals surface area contributed by atoms with Gasteiger partial charge in [0.15, 0.2) is 0 Å². The Kier molecular flexibility index (Phi) is 5.97. The molecule has 2 N–H and O–H groups in total. The second kappa shape index (κ2) is 6.43. The maximum Gasteiger partial charge on any atom is 0.337 e. The number of nitrogens with two attached hydrogens (primary N) is 1. The smallest absolute Gasteiger partial charge is 0.337 e. The molecule has 0 aliphatic carbocycles. The van der Waals surface area contributed by atoms with E-state index in [4.69, 9.17) is 5.73 Å². The van der Waals surface area contributed by atoms with Crippen molar-refractivity contribution in [1.29, 1.82) is 0 Å². The summed E-state index contributed by atoms with van der Waals surface area (Å²) in [5, 5.41) is 0. The number of carbonyl (C=O) groups is 1. The molecule has 0 saturated heterocycles. The van der Waals surface area contributed by atoms with Crippen LogP contribution in [-0.4, -0.2) is 13.1 Å². The highest BCUT2D eigenvalue weighted by Crippen LogP contribution is 2.15. The van der Waals surface area contributed by atoms with Crippen LogP contribution in [0.4, 0.5) is 0 Å². The van der Waals surface area contributed by atoms with Crippen molar-refractivity contribution in [3.8, 4) is 0 Å². The molecular weight excluding hydrogens is 214 g/mol. The van der Waals surface area contributed by atoms with Crippen LogP contribution in [0.3, 0.4) is 0 Å². The highest BCUT2D eigenvalue weighted by atomic mass is 35.5. The molecule has 0 saturated carbocycles. The molecule has 0 aliphatic heterocycles. The second-order valence-corrected chi connectivity index (χ2v) is 3.13. The van der Waals surface area contributed by atoms with E-state index in [0.29, 0.717) is 5.56 Å². The highest BCUT2D eigenvalue weighted by molar-refractivity contribution is 5.89. The van der Waals surface area contributed by atoms with Crippen LogP contribution < -0.4 is 5.73 Å². The van der Waals surface area contributed by atoms with Crippen molar-refractivity contribution in [2.75, 3.05) is 7.11 Å². The fraction of sp³-hybridized carbons (Fsp3) is 0.364. The van der Waals surface area contributed by atoms with Crippen LogP contribution >= 0.6 is 12.4 Å². The fourth-order valence-electron chi connectivity index (χ4n) is 1.25. The van der Waals surface area contributed by atoms with Gasteiger partial charge in [0.05, 0.1) is 12.7 Å². The SMILES string of the molecule is CC[C@@H](N)c1cccc(C(=O)OC)c1.Cl. The molecule has 1 aromatic carbocycles. The lowest BCUT2D eigenvalue weighted by atomic mass is 10.0. The van der Waals surface area contributed by atoms with Gasteiger partial charge in [0.2, 0.25) is 0 Å². The van der Waals surface area contributed by atoms with Crippen LogP contribution in [0.1, 0.15) is 35.3 Å². The van der Waals surface area contributed by atoms with Crippen LogP contribution in [0.25, 0.3) is 0 Å². The molecule has 0 heterocycles. The molecule has 3 nitrogen and oxygen atoms in total. The lowest BCUT2D eigenvalue weighted by Gasteiger charge is -2.09. The Morgan fingerprint density at radius 3 is 2.73 bits per heavy atom. The van der Waals surface area contributed by atoms with Crippen molar-refractivity contribution in [2.24, 2.45) is 5.73 Å². The number of esters is 1. The van der Waals surface area contributed by atoms with E-state index < -0.39 is 0 Å². The van der Waals surface area contributed by atoms with Gasteiger partial charge in [-0.15, -0.1) is 12.4 Å². The van der Waals surface area contributed by atoms with Gasteiger partial charge in [-0.25, -0.2) is 4.79 Å². The van der Waals surface area contributed by atoms with E-state index in [-0.39, 0.29) is 24.4 Å². The lowest BCUT2D eigenvalue weighted by molar-refractivity contribution is 0.0600. The number of ether oxygens (including phenoxy) is 1. The third-order valence-corrected chi connectivity index (χ3v) is 2.18. The minimum absolute atomic E-state index is 0. The van der Waals surface area contributed by atoms with Crippen molar-refractivity contribution in [3.05, 3.63) is 35.4 Å². The molecule has 0 radical (unpaired) electrons. The van der Waals surface area contributed by atoms with Crippen molar-refractivity contribution >= 4 is 18.4 Å². The van der Waals surface area contributed by atoms with Crippen LogP contribution in [0.15, 0.2) is 24.3 Å². The topological polar surface area (TPSA) is 52.3 Å². The normalized spacial score (nSPS) is 11.4. The molecule has 1 aromatic rings. The van der Waals surface area contributed by atoms with Gasteiger partial charge in [0.1, 0.15) is 0 Å². The van der Waals surface area contributed by atoms with Gasteiger partial charge in [-0.3, -0.25) is 0 Å². The van der Waals surface area contributed by atoms with E-state index in [2.05, 4.69) is 4.74 Å². The van der Waals surface area contributed by atoms with Crippen LogP contribution in [0.2, 0.25) is 0 Å². The molecule has 0 bridgehead atoms. The molecule has 0 aliphatic rings. The molecule has 84 valence electrons. The maximum absolute atomic E-state index is 11.2. The Hall–Kier alpha value is -1.06. The van der Waals surface area contributed by atoms with Gasteiger partial charge in [-0.2, -0.15) is 0 Å². The molecule has 0 spiro atoms. The zero-order chi connectivity index (χ0) is 10.6. The number of hydrogen-bond donors (Lipinski definition) is 1. The second-order valence-electron chi connectivity index (χ2n) is 3.13. The molecule has 0 amide bonds. The highest BCUT2D eigenvalue weighted by Gasteiger charge is 2.08. The number of halogens is 1. The van der Waals surface area contributed by atoms with E-state index in [0.717, 1.165) is 12.0 Å². The minimum atomic E-state index is -0.324. The fourth-order valence-corrected chi connectivity index (χ4v) is 1.25. The Morgan fingerprint density at radius 2 is 2.20 bits per heavy atom. The number of hydrogen-bond acceptors (Lipinski definition) is 3. The minimum Gasteiger partial charge on any atom is -0.465 e. The Morgan fingerprint density at radius 1 is 1.53 bits per heavy atom. The Bertz CT molecular complexity index is 328. The first-order valence-corrected chi connectivity index (χ1v) is 4.63. The molecule has 0 fully saturated rings.